The van der Waals surface area contributed by atoms with Gasteiger partial charge < -0.3 is 14.8 Å². The van der Waals surface area contributed by atoms with Crippen LogP contribution in [0.2, 0.25) is 0 Å². The van der Waals surface area contributed by atoms with Gasteiger partial charge in [0.05, 0.1) is 25.2 Å². The lowest BCUT2D eigenvalue weighted by Gasteiger charge is -2.16. The molecule has 2 saturated heterocycles. The Morgan fingerprint density at radius 3 is 3.00 bits per heavy atom. The van der Waals surface area contributed by atoms with Gasteiger partial charge in [0.15, 0.2) is 0 Å². The van der Waals surface area contributed by atoms with Gasteiger partial charge in [0, 0.05) is 19.1 Å². The minimum Gasteiger partial charge on any atom is -0.379 e. The highest BCUT2D eigenvalue weighted by atomic mass is 16.5. The molecule has 2 rings (SSSR count). The summed E-state index contributed by atoms with van der Waals surface area (Å²) in [7, 11) is 1.89. The second-order valence-corrected chi connectivity index (χ2v) is 4.68. The monoisotopic (exact) mass is 227 g/mol. The van der Waals surface area contributed by atoms with Crippen molar-refractivity contribution in [3.8, 4) is 0 Å². The van der Waals surface area contributed by atoms with Gasteiger partial charge in [-0.3, -0.25) is 4.79 Å². The number of hydrogen-bond acceptors (Lipinski definition) is 4. The molecule has 2 aliphatic rings. The first kappa shape index (κ1) is 12.0. The second-order valence-electron chi connectivity index (χ2n) is 4.68. The van der Waals surface area contributed by atoms with Crippen LogP contribution in [0.5, 0.6) is 0 Å². The number of likely N-dealkylation sites (N-methyl/N-ethyl adjacent to an activating group) is 1. The molecule has 2 aliphatic heterocycles. The van der Waals surface area contributed by atoms with Gasteiger partial charge in [-0.1, -0.05) is 0 Å². The molecule has 1 N–H and O–H groups in total. The summed E-state index contributed by atoms with van der Waals surface area (Å²) in [6, 6.07) is 0.206. The Bertz CT molecular complexity index is 238. The zero-order valence-corrected chi connectivity index (χ0v) is 9.91. The molecule has 4 nitrogen and oxygen atoms in total. The Labute approximate surface area is 96.7 Å². The number of carbonyl (C=O) groups excluding carboxylic acids is 1. The molecule has 2 heterocycles. The normalized spacial score (nSPS) is 34.4. The van der Waals surface area contributed by atoms with Crippen LogP contribution in [-0.4, -0.2) is 44.8 Å². The molecule has 2 fully saturated rings. The number of rotatable bonds is 5. The Morgan fingerprint density at radius 2 is 2.31 bits per heavy atom. The van der Waals surface area contributed by atoms with E-state index in [9.17, 15) is 4.79 Å². The summed E-state index contributed by atoms with van der Waals surface area (Å²) in [6.45, 7) is 2.10. The molecule has 4 heteroatoms. The van der Waals surface area contributed by atoms with Gasteiger partial charge in [-0.2, -0.15) is 0 Å². The van der Waals surface area contributed by atoms with Gasteiger partial charge in [-0.05, 0) is 26.3 Å². The highest BCUT2D eigenvalue weighted by Gasteiger charge is 2.32. The Kier molecular flexibility index (Phi) is 4.32. The van der Waals surface area contributed by atoms with Crippen LogP contribution in [0, 0.1) is 5.92 Å². The molecule has 16 heavy (non-hydrogen) atoms. The third kappa shape index (κ3) is 2.81. The number of Topliss-reactive ketones (excluding diaryl/α,β-unsaturated/α-hetero) is 1. The quantitative estimate of drug-likeness (QED) is 0.753. The molecular formula is C12H21NO3. The lowest BCUT2D eigenvalue weighted by Crippen LogP contribution is -2.37. The summed E-state index contributed by atoms with van der Waals surface area (Å²) < 4.78 is 10.9. The molecule has 0 aromatic heterocycles. The van der Waals surface area contributed by atoms with Crippen molar-refractivity contribution in [2.24, 2.45) is 5.92 Å². The fourth-order valence-electron chi connectivity index (χ4n) is 2.52. The smallest absolute Gasteiger partial charge is 0.140 e. The van der Waals surface area contributed by atoms with Gasteiger partial charge in [0.25, 0.3) is 0 Å². The summed E-state index contributed by atoms with van der Waals surface area (Å²) in [6.07, 6.45) is 4.09. The molecule has 3 atom stereocenters. The maximum absolute atomic E-state index is 12.0. The summed E-state index contributed by atoms with van der Waals surface area (Å²) in [5.74, 6) is 0.374. The Hall–Kier alpha value is -0.450. The zero-order chi connectivity index (χ0) is 11.4. The van der Waals surface area contributed by atoms with Crippen LogP contribution in [0.15, 0.2) is 0 Å². The SMILES string of the molecule is CNC1COCC1C(=O)CCC1CCCO1. The molecule has 0 amide bonds. The number of carbonyl (C=O) groups is 1. The van der Waals surface area contributed by atoms with E-state index in [1.165, 1.54) is 0 Å². The van der Waals surface area contributed by atoms with Gasteiger partial charge >= 0.3 is 0 Å². The highest BCUT2D eigenvalue weighted by Crippen LogP contribution is 2.21. The van der Waals surface area contributed by atoms with Crippen LogP contribution in [-0.2, 0) is 14.3 Å². The van der Waals surface area contributed by atoms with Crippen molar-refractivity contribution in [2.75, 3.05) is 26.9 Å². The minimum atomic E-state index is 0.0476. The minimum absolute atomic E-state index is 0.0476. The van der Waals surface area contributed by atoms with Crippen molar-refractivity contribution in [1.82, 2.24) is 5.32 Å². The fraction of sp³-hybridized carbons (Fsp3) is 0.917. The van der Waals surface area contributed by atoms with Crippen LogP contribution >= 0.6 is 0 Å². The van der Waals surface area contributed by atoms with E-state index in [0.717, 1.165) is 25.9 Å². The Morgan fingerprint density at radius 1 is 1.44 bits per heavy atom. The van der Waals surface area contributed by atoms with Crippen molar-refractivity contribution < 1.29 is 14.3 Å². The first-order valence-electron chi connectivity index (χ1n) is 6.20. The fourth-order valence-corrected chi connectivity index (χ4v) is 2.52. The van der Waals surface area contributed by atoms with E-state index in [0.29, 0.717) is 31.5 Å². The maximum atomic E-state index is 12.0. The predicted molar refractivity (Wildman–Crippen MR) is 60.4 cm³/mol. The zero-order valence-electron chi connectivity index (χ0n) is 9.91. The van der Waals surface area contributed by atoms with E-state index >= 15 is 0 Å². The van der Waals surface area contributed by atoms with Gasteiger partial charge in [0.2, 0.25) is 0 Å². The molecular weight excluding hydrogens is 206 g/mol. The van der Waals surface area contributed by atoms with Gasteiger partial charge in [-0.15, -0.1) is 0 Å². The van der Waals surface area contributed by atoms with Crippen molar-refractivity contribution in [2.45, 2.75) is 37.8 Å². The first-order chi connectivity index (χ1) is 7.81. The van der Waals surface area contributed by atoms with Crippen LogP contribution in [0.3, 0.4) is 0 Å². The number of nitrogens with one attached hydrogen (secondary N) is 1. The van der Waals surface area contributed by atoms with E-state index in [4.69, 9.17) is 9.47 Å². The van der Waals surface area contributed by atoms with Crippen molar-refractivity contribution in [1.29, 1.82) is 0 Å². The Balaban J connectivity index is 1.74. The molecule has 0 aliphatic carbocycles. The van der Waals surface area contributed by atoms with Crippen LogP contribution < -0.4 is 5.32 Å². The van der Waals surface area contributed by atoms with E-state index in [1.807, 2.05) is 7.05 Å². The van der Waals surface area contributed by atoms with Gasteiger partial charge in [-0.25, -0.2) is 0 Å². The topological polar surface area (TPSA) is 47.6 Å². The summed E-state index contributed by atoms with van der Waals surface area (Å²) in [4.78, 5) is 12.0. The van der Waals surface area contributed by atoms with Crippen LogP contribution in [0.1, 0.15) is 25.7 Å². The standard InChI is InChI=1S/C12H21NO3/c1-13-11-8-15-7-10(11)12(14)5-4-9-3-2-6-16-9/h9-11,13H,2-8H2,1H3. The highest BCUT2D eigenvalue weighted by molar-refractivity contribution is 5.82. The summed E-state index contributed by atoms with van der Waals surface area (Å²) in [5, 5.41) is 3.15. The van der Waals surface area contributed by atoms with Crippen molar-refractivity contribution in [3.05, 3.63) is 0 Å². The lowest BCUT2D eigenvalue weighted by atomic mass is 9.94. The molecule has 0 bridgehead atoms. The van der Waals surface area contributed by atoms with Gasteiger partial charge in [0.1, 0.15) is 5.78 Å². The second kappa shape index (κ2) is 5.75. The third-order valence-electron chi connectivity index (χ3n) is 3.60. The van der Waals surface area contributed by atoms with E-state index in [-0.39, 0.29) is 12.0 Å². The average molecular weight is 227 g/mol. The summed E-state index contributed by atoms with van der Waals surface area (Å²) >= 11 is 0. The molecule has 0 aromatic carbocycles. The van der Waals surface area contributed by atoms with E-state index < -0.39 is 0 Å². The summed E-state index contributed by atoms with van der Waals surface area (Å²) in [5.41, 5.74) is 0. The van der Waals surface area contributed by atoms with Crippen molar-refractivity contribution in [3.63, 3.8) is 0 Å². The van der Waals surface area contributed by atoms with E-state index in [2.05, 4.69) is 5.32 Å². The molecule has 0 saturated carbocycles. The lowest BCUT2D eigenvalue weighted by molar-refractivity contribution is -0.123. The molecule has 92 valence electrons. The average Bonchev–Trinajstić information content (AvgIpc) is 2.96. The maximum Gasteiger partial charge on any atom is 0.140 e. The largest absolute Gasteiger partial charge is 0.379 e. The molecule has 0 aromatic rings. The molecule has 0 spiro atoms. The first-order valence-corrected chi connectivity index (χ1v) is 6.20. The predicted octanol–water partition coefficient (Wildman–Crippen LogP) is 0.749. The number of ketones is 1. The molecule has 0 radical (unpaired) electrons. The van der Waals surface area contributed by atoms with Crippen LogP contribution in [0.4, 0.5) is 0 Å². The van der Waals surface area contributed by atoms with Crippen LogP contribution in [0.25, 0.3) is 0 Å². The third-order valence-corrected chi connectivity index (χ3v) is 3.60. The number of hydrogen-bond donors (Lipinski definition) is 1. The van der Waals surface area contributed by atoms with E-state index in [1.54, 1.807) is 0 Å². The molecule has 3 unspecified atom stereocenters. The number of ether oxygens (including phenoxy) is 2. The van der Waals surface area contributed by atoms with Crippen molar-refractivity contribution >= 4 is 5.78 Å².